The molecule has 0 spiro atoms. The molecule has 0 N–H and O–H groups in total. The number of hydrogen-bond acceptors (Lipinski definition) is 6. The van der Waals surface area contributed by atoms with E-state index in [0.717, 1.165) is 31.2 Å². The Hall–Kier alpha value is -2.45. The molecule has 1 aliphatic carbocycles. The number of thioether (sulfide) groups is 1. The lowest BCUT2D eigenvalue weighted by molar-refractivity contribution is -0.384. The monoisotopic (exact) mass is 428 g/mol. The maximum atomic E-state index is 12.9. The minimum Gasteiger partial charge on any atom is -0.457 e. The average molecular weight is 429 g/mol. The average Bonchev–Trinajstić information content (AvgIpc) is 3.27. The summed E-state index contributed by atoms with van der Waals surface area (Å²) in [5.74, 6) is 0.992. The highest BCUT2D eigenvalue weighted by Gasteiger charge is 2.37. The maximum Gasteiger partial charge on any atom is 0.270 e. The third-order valence-corrected chi connectivity index (χ3v) is 6.69. The molecular formula is C21H20N2O4S2. The topological polar surface area (TPSA) is 76.6 Å². The lowest BCUT2D eigenvalue weighted by atomic mass is 9.94. The Balaban J connectivity index is 1.58. The number of rotatable bonds is 4. The Labute approximate surface area is 178 Å². The summed E-state index contributed by atoms with van der Waals surface area (Å²) < 4.78 is 6.49. The highest BCUT2D eigenvalue weighted by atomic mass is 32.2. The number of amides is 1. The standard InChI is InChI=1S/C21H20N2O4S2/c1-13-7-8-15(23(25)26)11-17(13)18-10-9-16(27-18)12-19-20(24)22(21(28)29-19)14-5-3-2-4-6-14/h7-12,14H,2-6H2,1H3. The van der Waals surface area contributed by atoms with Gasteiger partial charge in [-0.25, -0.2) is 0 Å². The molecule has 0 atom stereocenters. The fraction of sp³-hybridized carbons (Fsp3) is 0.333. The van der Waals surface area contributed by atoms with Crippen LogP contribution in [0.3, 0.4) is 0 Å². The van der Waals surface area contributed by atoms with E-state index in [1.165, 1.54) is 30.3 Å². The van der Waals surface area contributed by atoms with E-state index in [1.54, 1.807) is 29.2 Å². The minimum atomic E-state index is -0.427. The van der Waals surface area contributed by atoms with Gasteiger partial charge in [0.1, 0.15) is 15.8 Å². The number of carbonyl (C=O) groups is 1. The predicted molar refractivity (Wildman–Crippen MR) is 117 cm³/mol. The fourth-order valence-electron chi connectivity index (χ4n) is 3.83. The van der Waals surface area contributed by atoms with Gasteiger partial charge in [-0.3, -0.25) is 19.8 Å². The molecule has 4 rings (SSSR count). The van der Waals surface area contributed by atoms with Crippen LogP contribution in [0.25, 0.3) is 17.4 Å². The summed E-state index contributed by atoms with van der Waals surface area (Å²) in [5, 5.41) is 11.1. The van der Waals surface area contributed by atoms with Crippen LogP contribution in [0.5, 0.6) is 0 Å². The van der Waals surface area contributed by atoms with Crippen LogP contribution >= 0.6 is 24.0 Å². The van der Waals surface area contributed by atoms with E-state index in [1.807, 2.05) is 6.92 Å². The molecule has 8 heteroatoms. The molecule has 1 amide bonds. The second-order valence-electron chi connectivity index (χ2n) is 7.30. The van der Waals surface area contributed by atoms with Crippen molar-refractivity contribution in [2.24, 2.45) is 0 Å². The highest BCUT2D eigenvalue weighted by molar-refractivity contribution is 8.26. The third-order valence-electron chi connectivity index (χ3n) is 5.36. The van der Waals surface area contributed by atoms with Gasteiger partial charge in [-0.15, -0.1) is 0 Å². The number of furan rings is 1. The third kappa shape index (κ3) is 4.00. The van der Waals surface area contributed by atoms with Gasteiger partial charge < -0.3 is 4.42 Å². The van der Waals surface area contributed by atoms with Crippen molar-refractivity contribution in [2.75, 3.05) is 0 Å². The van der Waals surface area contributed by atoms with E-state index >= 15 is 0 Å². The zero-order valence-electron chi connectivity index (χ0n) is 15.9. The van der Waals surface area contributed by atoms with Gasteiger partial charge in [-0.1, -0.05) is 49.3 Å². The first kappa shape index (κ1) is 19.8. The number of nitrogens with zero attached hydrogens (tertiary/aromatic N) is 2. The van der Waals surface area contributed by atoms with Crippen LogP contribution in [0.1, 0.15) is 43.4 Å². The quantitative estimate of drug-likeness (QED) is 0.269. The number of thiocarbonyl (C=S) groups is 1. The Morgan fingerprint density at radius 2 is 2.00 bits per heavy atom. The minimum absolute atomic E-state index is 0.0110. The van der Waals surface area contributed by atoms with Crippen molar-refractivity contribution in [3.05, 3.63) is 56.7 Å². The largest absolute Gasteiger partial charge is 0.457 e. The Bertz CT molecular complexity index is 1020. The molecule has 1 aromatic carbocycles. The Kier molecular flexibility index (Phi) is 5.56. The van der Waals surface area contributed by atoms with Crippen molar-refractivity contribution in [1.82, 2.24) is 4.90 Å². The number of non-ortho nitro benzene ring substituents is 1. The molecule has 0 bridgehead atoms. The lowest BCUT2D eigenvalue weighted by Gasteiger charge is -2.29. The van der Waals surface area contributed by atoms with Crippen molar-refractivity contribution in [2.45, 2.75) is 45.1 Å². The van der Waals surface area contributed by atoms with E-state index in [0.29, 0.717) is 26.3 Å². The molecule has 2 heterocycles. The number of hydrogen-bond donors (Lipinski definition) is 0. The fourth-order valence-corrected chi connectivity index (χ4v) is 5.21. The van der Waals surface area contributed by atoms with E-state index in [4.69, 9.17) is 16.6 Å². The number of nitro benzene ring substituents is 1. The van der Waals surface area contributed by atoms with Crippen LogP contribution < -0.4 is 0 Å². The molecule has 1 aliphatic heterocycles. The summed E-state index contributed by atoms with van der Waals surface area (Å²) in [5.41, 5.74) is 1.55. The molecule has 150 valence electrons. The summed E-state index contributed by atoms with van der Waals surface area (Å²) in [6.07, 6.45) is 7.18. The number of aryl methyl sites for hydroxylation is 1. The van der Waals surface area contributed by atoms with Gasteiger partial charge in [0, 0.05) is 29.8 Å². The van der Waals surface area contributed by atoms with Crippen LogP contribution in [0.15, 0.2) is 39.7 Å². The summed E-state index contributed by atoms with van der Waals surface area (Å²) >= 11 is 6.77. The van der Waals surface area contributed by atoms with E-state index in [-0.39, 0.29) is 17.6 Å². The summed E-state index contributed by atoms with van der Waals surface area (Å²) in [7, 11) is 0. The summed E-state index contributed by atoms with van der Waals surface area (Å²) in [4.78, 5) is 25.9. The van der Waals surface area contributed by atoms with E-state index in [2.05, 4.69) is 0 Å². The number of nitro groups is 1. The van der Waals surface area contributed by atoms with Gasteiger partial charge in [-0.05, 0) is 37.5 Å². The SMILES string of the molecule is Cc1ccc([N+](=O)[O-])cc1-c1ccc(C=C2SC(=S)N(C3CCCCC3)C2=O)o1. The lowest BCUT2D eigenvalue weighted by Crippen LogP contribution is -2.39. The molecule has 1 saturated heterocycles. The number of benzene rings is 1. The first-order valence-electron chi connectivity index (χ1n) is 9.56. The van der Waals surface area contributed by atoms with E-state index < -0.39 is 4.92 Å². The zero-order chi connectivity index (χ0) is 20.5. The Morgan fingerprint density at radius 1 is 1.24 bits per heavy atom. The van der Waals surface area contributed by atoms with Crippen molar-refractivity contribution in [3.63, 3.8) is 0 Å². The van der Waals surface area contributed by atoms with Gasteiger partial charge in [0.05, 0.1) is 9.83 Å². The summed E-state index contributed by atoms with van der Waals surface area (Å²) in [6, 6.07) is 8.40. The molecular weight excluding hydrogens is 408 g/mol. The van der Waals surface area contributed by atoms with Gasteiger partial charge >= 0.3 is 0 Å². The van der Waals surface area contributed by atoms with Gasteiger partial charge in [-0.2, -0.15) is 0 Å². The van der Waals surface area contributed by atoms with Gasteiger partial charge in [0.15, 0.2) is 0 Å². The molecule has 1 saturated carbocycles. The van der Waals surface area contributed by atoms with Crippen molar-refractivity contribution in [3.8, 4) is 11.3 Å². The zero-order valence-corrected chi connectivity index (χ0v) is 17.6. The van der Waals surface area contributed by atoms with Crippen molar-refractivity contribution < 1.29 is 14.1 Å². The maximum absolute atomic E-state index is 12.9. The van der Waals surface area contributed by atoms with Crippen LogP contribution in [0, 0.1) is 17.0 Å². The van der Waals surface area contributed by atoms with E-state index in [9.17, 15) is 14.9 Å². The molecule has 6 nitrogen and oxygen atoms in total. The van der Waals surface area contributed by atoms with Crippen molar-refractivity contribution in [1.29, 1.82) is 0 Å². The molecule has 2 fully saturated rings. The molecule has 0 radical (unpaired) electrons. The smallest absolute Gasteiger partial charge is 0.270 e. The second kappa shape index (κ2) is 8.12. The molecule has 2 aromatic rings. The molecule has 1 aromatic heterocycles. The molecule has 29 heavy (non-hydrogen) atoms. The van der Waals surface area contributed by atoms with Crippen molar-refractivity contribution >= 4 is 46.0 Å². The van der Waals surface area contributed by atoms with Crippen LogP contribution in [0.2, 0.25) is 0 Å². The van der Waals surface area contributed by atoms with Crippen LogP contribution in [0.4, 0.5) is 5.69 Å². The first-order chi connectivity index (χ1) is 13.9. The first-order valence-corrected chi connectivity index (χ1v) is 10.8. The highest BCUT2D eigenvalue weighted by Crippen LogP contribution is 2.38. The summed E-state index contributed by atoms with van der Waals surface area (Å²) in [6.45, 7) is 1.87. The normalized spacial score (nSPS) is 19.3. The van der Waals surface area contributed by atoms with Gasteiger partial charge in [0.25, 0.3) is 11.6 Å². The number of carbonyl (C=O) groups excluding carboxylic acids is 1. The molecule has 0 unspecified atom stereocenters. The predicted octanol–water partition coefficient (Wildman–Crippen LogP) is 5.70. The van der Waals surface area contributed by atoms with Gasteiger partial charge in [0.2, 0.25) is 0 Å². The van der Waals surface area contributed by atoms with Crippen LogP contribution in [-0.4, -0.2) is 26.1 Å². The Morgan fingerprint density at radius 3 is 2.72 bits per heavy atom. The second-order valence-corrected chi connectivity index (χ2v) is 8.98. The van der Waals surface area contributed by atoms with Crippen LogP contribution in [-0.2, 0) is 4.79 Å². The molecule has 2 aliphatic rings.